The summed E-state index contributed by atoms with van der Waals surface area (Å²) in [6.07, 6.45) is 1.55. The van der Waals surface area contributed by atoms with Crippen LogP contribution in [0, 0.1) is 25.2 Å². The van der Waals surface area contributed by atoms with Gasteiger partial charge in [0.25, 0.3) is 0 Å². The molecule has 0 unspecified atom stereocenters. The molecular weight excluding hydrogens is 392 g/mol. The van der Waals surface area contributed by atoms with Crippen LogP contribution in [0.25, 0.3) is 16.8 Å². The van der Waals surface area contributed by atoms with Crippen LogP contribution in [0.1, 0.15) is 16.1 Å². The molecule has 1 aromatic heterocycles. The molecule has 0 fully saturated rings. The zero-order valence-electron chi connectivity index (χ0n) is 15.3. The van der Waals surface area contributed by atoms with Crippen LogP contribution < -0.4 is 10.5 Å². The summed E-state index contributed by atoms with van der Waals surface area (Å²) in [6.45, 7) is 4.11. The molecule has 3 rings (SSSR count). The highest BCUT2D eigenvalue weighted by Crippen LogP contribution is 2.27. The van der Waals surface area contributed by atoms with Crippen molar-refractivity contribution in [2.75, 3.05) is 5.32 Å². The first-order valence-corrected chi connectivity index (χ1v) is 10.7. The summed E-state index contributed by atoms with van der Waals surface area (Å²) < 4.78 is 22.6. The quantitative estimate of drug-likeness (QED) is 0.617. The second-order valence-electron chi connectivity index (χ2n) is 6.22. The van der Waals surface area contributed by atoms with Crippen molar-refractivity contribution in [2.24, 2.45) is 5.14 Å². The van der Waals surface area contributed by atoms with Gasteiger partial charge in [-0.1, -0.05) is 12.1 Å². The maximum atomic E-state index is 11.3. The minimum atomic E-state index is -3.73. The summed E-state index contributed by atoms with van der Waals surface area (Å²) in [7, 11) is -3.73. The van der Waals surface area contributed by atoms with Crippen molar-refractivity contribution in [1.29, 1.82) is 5.26 Å². The number of sulfonamides is 1. The third kappa shape index (κ3) is 4.46. The molecule has 6 nitrogen and oxygen atoms in total. The maximum Gasteiger partial charge on any atom is 0.238 e. The van der Waals surface area contributed by atoms with E-state index in [1.807, 2.05) is 11.4 Å². The van der Waals surface area contributed by atoms with Crippen LogP contribution in [0.2, 0.25) is 0 Å². The minimum absolute atomic E-state index is 0.0282. The van der Waals surface area contributed by atoms with Gasteiger partial charge in [0, 0.05) is 22.8 Å². The summed E-state index contributed by atoms with van der Waals surface area (Å²) in [4.78, 5) is 4.60. The van der Waals surface area contributed by atoms with Gasteiger partial charge in [0.1, 0.15) is 16.6 Å². The number of allylic oxidation sites excluding steroid dienone is 1. The summed E-state index contributed by atoms with van der Waals surface area (Å²) in [6, 6.07) is 14.2. The molecule has 0 aliphatic rings. The van der Waals surface area contributed by atoms with E-state index < -0.39 is 10.0 Å². The highest BCUT2D eigenvalue weighted by atomic mass is 32.2. The van der Waals surface area contributed by atoms with Gasteiger partial charge in [-0.15, -0.1) is 11.3 Å². The third-order valence-corrected chi connectivity index (χ3v) is 6.03. The Kier molecular flexibility index (Phi) is 5.61. The van der Waals surface area contributed by atoms with Gasteiger partial charge in [-0.25, -0.2) is 18.5 Å². The third-order valence-electron chi connectivity index (χ3n) is 4.22. The number of benzene rings is 2. The maximum absolute atomic E-state index is 11.3. The largest absolute Gasteiger partial charge is 0.360 e. The standard InChI is InChI=1S/C20H18N4O2S2/c1-13-3-4-15(9-14(13)2)19-12-27-20(24-19)16(10-21)11-23-17-5-7-18(8-6-17)28(22,25)26/h3-9,11-12,23H,1-2H3,(H2,22,25,26). The van der Waals surface area contributed by atoms with Gasteiger partial charge in [0.05, 0.1) is 10.6 Å². The molecule has 3 aromatic rings. The lowest BCUT2D eigenvalue weighted by Gasteiger charge is -2.03. The fraction of sp³-hybridized carbons (Fsp3) is 0.100. The van der Waals surface area contributed by atoms with E-state index >= 15 is 0 Å². The number of hydrogen-bond acceptors (Lipinski definition) is 6. The Hall–Kier alpha value is -2.99. The predicted molar refractivity (Wildman–Crippen MR) is 112 cm³/mol. The summed E-state index contributed by atoms with van der Waals surface area (Å²) in [5.41, 5.74) is 5.25. The molecule has 0 saturated heterocycles. The van der Waals surface area contributed by atoms with Crippen molar-refractivity contribution in [3.63, 3.8) is 0 Å². The number of nitrogens with zero attached hydrogens (tertiary/aromatic N) is 2. The van der Waals surface area contributed by atoms with Gasteiger partial charge in [0.2, 0.25) is 10.0 Å². The molecule has 2 aromatic carbocycles. The minimum Gasteiger partial charge on any atom is -0.360 e. The van der Waals surface area contributed by atoms with Crippen molar-refractivity contribution < 1.29 is 8.42 Å². The van der Waals surface area contributed by atoms with E-state index in [2.05, 4.69) is 42.4 Å². The molecule has 0 spiro atoms. The van der Waals surface area contributed by atoms with E-state index in [4.69, 9.17) is 5.14 Å². The molecule has 28 heavy (non-hydrogen) atoms. The van der Waals surface area contributed by atoms with E-state index in [1.54, 1.807) is 18.3 Å². The second kappa shape index (κ2) is 7.94. The van der Waals surface area contributed by atoms with Crippen LogP contribution in [0.15, 0.2) is 58.9 Å². The van der Waals surface area contributed by atoms with E-state index in [-0.39, 0.29) is 4.90 Å². The van der Waals surface area contributed by atoms with E-state index in [0.717, 1.165) is 11.3 Å². The molecule has 1 heterocycles. The Balaban J connectivity index is 1.81. The number of rotatable bonds is 5. The Labute approximate surface area is 168 Å². The number of aryl methyl sites for hydroxylation is 2. The van der Waals surface area contributed by atoms with Crippen molar-refractivity contribution in [2.45, 2.75) is 18.7 Å². The van der Waals surface area contributed by atoms with Gasteiger partial charge >= 0.3 is 0 Å². The number of nitrogens with one attached hydrogen (secondary N) is 1. The molecule has 0 radical (unpaired) electrons. The molecular formula is C20H18N4O2S2. The zero-order chi connectivity index (χ0) is 20.3. The number of hydrogen-bond donors (Lipinski definition) is 2. The number of aromatic nitrogens is 1. The van der Waals surface area contributed by atoms with Gasteiger partial charge in [-0.2, -0.15) is 5.26 Å². The number of nitrogens with two attached hydrogens (primary N) is 1. The van der Waals surface area contributed by atoms with E-state index in [9.17, 15) is 13.7 Å². The Bertz CT molecular complexity index is 1190. The van der Waals surface area contributed by atoms with Crippen LogP contribution in [-0.4, -0.2) is 13.4 Å². The van der Waals surface area contributed by atoms with Crippen molar-refractivity contribution in [3.05, 3.63) is 70.2 Å². The summed E-state index contributed by atoms with van der Waals surface area (Å²) in [5, 5.41) is 20.1. The number of thiazole rings is 1. The van der Waals surface area contributed by atoms with Gasteiger partial charge in [-0.3, -0.25) is 0 Å². The number of primary sulfonamides is 1. The fourth-order valence-electron chi connectivity index (χ4n) is 2.47. The molecule has 0 aliphatic carbocycles. The molecule has 3 N–H and O–H groups in total. The average Bonchev–Trinajstić information content (AvgIpc) is 3.14. The van der Waals surface area contributed by atoms with Crippen LogP contribution in [0.4, 0.5) is 5.69 Å². The normalized spacial score (nSPS) is 11.9. The Morgan fingerprint density at radius 1 is 1.18 bits per heavy atom. The van der Waals surface area contributed by atoms with Gasteiger partial charge in [-0.05, 0) is 55.3 Å². The van der Waals surface area contributed by atoms with E-state index in [1.165, 1.54) is 34.6 Å². The molecule has 142 valence electrons. The first kappa shape index (κ1) is 19.8. The van der Waals surface area contributed by atoms with Crippen molar-refractivity contribution >= 4 is 32.6 Å². The lowest BCUT2D eigenvalue weighted by atomic mass is 10.1. The topological polar surface area (TPSA) is 109 Å². The number of anilines is 1. The fourth-order valence-corrected chi connectivity index (χ4v) is 3.78. The lowest BCUT2D eigenvalue weighted by Crippen LogP contribution is -2.11. The monoisotopic (exact) mass is 410 g/mol. The van der Waals surface area contributed by atoms with Crippen molar-refractivity contribution in [3.8, 4) is 17.3 Å². The van der Waals surface area contributed by atoms with Crippen LogP contribution in [0.5, 0.6) is 0 Å². The molecule has 0 saturated carbocycles. The zero-order valence-corrected chi connectivity index (χ0v) is 16.9. The highest BCUT2D eigenvalue weighted by Gasteiger charge is 2.10. The first-order chi connectivity index (χ1) is 13.3. The smallest absolute Gasteiger partial charge is 0.238 e. The van der Waals surface area contributed by atoms with Crippen LogP contribution in [0.3, 0.4) is 0 Å². The second-order valence-corrected chi connectivity index (χ2v) is 8.64. The Morgan fingerprint density at radius 2 is 1.89 bits per heavy atom. The van der Waals surface area contributed by atoms with Crippen LogP contribution >= 0.6 is 11.3 Å². The van der Waals surface area contributed by atoms with Gasteiger partial charge < -0.3 is 5.32 Å². The van der Waals surface area contributed by atoms with Crippen LogP contribution in [-0.2, 0) is 10.0 Å². The molecule has 0 amide bonds. The molecule has 0 bridgehead atoms. The molecule has 0 atom stereocenters. The SMILES string of the molecule is Cc1ccc(-c2csc(C(C#N)=CNc3ccc(S(N)(=O)=O)cc3)n2)cc1C. The highest BCUT2D eigenvalue weighted by molar-refractivity contribution is 7.89. The van der Waals surface area contributed by atoms with Crippen molar-refractivity contribution in [1.82, 2.24) is 4.98 Å². The lowest BCUT2D eigenvalue weighted by molar-refractivity contribution is 0.598. The molecule has 8 heteroatoms. The Morgan fingerprint density at radius 3 is 2.50 bits per heavy atom. The summed E-state index contributed by atoms with van der Waals surface area (Å²) >= 11 is 1.39. The average molecular weight is 411 g/mol. The first-order valence-electron chi connectivity index (χ1n) is 8.31. The molecule has 0 aliphatic heterocycles. The van der Waals surface area contributed by atoms with E-state index in [0.29, 0.717) is 16.3 Å². The predicted octanol–water partition coefficient (Wildman–Crippen LogP) is 4.05. The number of nitriles is 1. The summed E-state index contributed by atoms with van der Waals surface area (Å²) in [5.74, 6) is 0. The van der Waals surface area contributed by atoms with Gasteiger partial charge in [0.15, 0.2) is 0 Å².